The lowest BCUT2D eigenvalue weighted by Crippen LogP contribution is -2.28. The van der Waals surface area contributed by atoms with Crippen LogP contribution in [0.4, 0.5) is 4.79 Å². The average Bonchev–Trinajstić information content (AvgIpc) is 1.91. The van der Waals surface area contributed by atoms with Crippen LogP contribution in [-0.2, 0) is 0 Å². The van der Waals surface area contributed by atoms with Gasteiger partial charge in [-0.15, -0.1) is 0 Å². The third-order valence-electron chi connectivity index (χ3n) is 0.454. The van der Waals surface area contributed by atoms with Gasteiger partial charge in [0, 0.05) is 14.1 Å². The second-order valence-corrected chi connectivity index (χ2v) is 0.829. The highest BCUT2D eigenvalue weighted by Crippen LogP contribution is 1.48. The van der Waals surface area contributed by atoms with Crippen molar-refractivity contribution in [2.45, 2.75) is 0 Å². The molecule has 0 saturated carbocycles. The molecule has 4 N–H and O–H groups in total. The lowest BCUT2D eigenvalue weighted by atomic mass is 11.0. The highest BCUT2D eigenvalue weighted by molar-refractivity contribution is 5.72. The summed E-state index contributed by atoms with van der Waals surface area (Å²) in [5.41, 5.74) is 0. The summed E-state index contributed by atoms with van der Waals surface area (Å²) in [4.78, 5) is 9.96. The summed E-state index contributed by atoms with van der Waals surface area (Å²) in [7, 11) is 3.14. The molecule has 0 heterocycles. The van der Waals surface area contributed by atoms with Crippen molar-refractivity contribution in [3.63, 3.8) is 0 Å². The molecule has 2 amide bonds. The Morgan fingerprint density at radius 3 is 1.50 bits per heavy atom. The molecule has 8 heavy (non-hydrogen) atoms. The largest absolute Gasteiger partial charge is 0.341 e. The number of hydrogen-bond acceptors (Lipinski definition) is 3. The first-order chi connectivity index (χ1) is 3.81. The monoisotopic (exact) mass is 122 g/mol. The molecule has 0 aromatic rings. The molecular weight excluding hydrogens is 112 g/mol. The van der Waals surface area contributed by atoms with Gasteiger partial charge < -0.3 is 10.6 Å². The maximum Gasteiger partial charge on any atom is 0.314 e. The summed E-state index contributed by atoms with van der Waals surface area (Å²) in [5.74, 6) is 0. The van der Waals surface area contributed by atoms with Crippen LogP contribution in [0.3, 0.4) is 0 Å². The van der Waals surface area contributed by atoms with E-state index in [0.717, 1.165) is 0 Å². The van der Waals surface area contributed by atoms with Crippen LogP contribution in [0.25, 0.3) is 0 Å². The molecule has 0 fully saturated rings. The van der Waals surface area contributed by atoms with Gasteiger partial charge in [-0.2, -0.15) is 0 Å². The van der Waals surface area contributed by atoms with Gasteiger partial charge in [-0.25, -0.2) is 4.79 Å². The van der Waals surface area contributed by atoms with E-state index in [1.54, 1.807) is 14.1 Å². The van der Waals surface area contributed by atoms with Gasteiger partial charge in [-0.3, -0.25) is 10.5 Å². The highest BCUT2D eigenvalue weighted by Gasteiger charge is 1.81. The van der Waals surface area contributed by atoms with Crippen LogP contribution in [0.5, 0.6) is 0 Å². The van der Waals surface area contributed by atoms with E-state index in [4.69, 9.17) is 10.5 Å². The maximum absolute atomic E-state index is 9.96. The zero-order chi connectivity index (χ0) is 6.99. The average molecular weight is 122 g/mol. The van der Waals surface area contributed by atoms with Crippen LogP contribution in [0.15, 0.2) is 0 Å². The van der Waals surface area contributed by atoms with Gasteiger partial charge in [-0.05, 0) is 0 Å². The van der Waals surface area contributed by atoms with E-state index in [-0.39, 0.29) is 6.03 Å². The number of nitrogens with one attached hydrogen (secondary N) is 2. The Morgan fingerprint density at radius 1 is 1.25 bits per heavy atom. The van der Waals surface area contributed by atoms with Gasteiger partial charge in [0.1, 0.15) is 0 Å². The Morgan fingerprint density at radius 2 is 1.50 bits per heavy atom. The number of carbonyl (C=O) groups excluding carboxylic acids is 1. The van der Waals surface area contributed by atoms with Crippen molar-refractivity contribution < 1.29 is 15.3 Å². The van der Waals surface area contributed by atoms with Crippen molar-refractivity contribution >= 4 is 6.03 Å². The van der Waals surface area contributed by atoms with Crippen molar-refractivity contribution in [1.29, 1.82) is 0 Å². The topological polar surface area (TPSA) is 81.6 Å². The van der Waals surface area contributed by atoms with E-state index in [1.165, 1.54) is 0 Å². The minimum atomic E-state index is -0.157. The van der Waals surface area contributed by atoms with Crippen molar-refractivity contribution in [2.75, 3.05) is 14.1 Å². The van der Waals surface area contributed by atoms with E-state index < -0.39 is 0 Å². The lowest BCUT2D eigenvalue weighted by molar-refractivity contribution is -0.176. The first kappa shape index (κ1) is 10.2. The van der Waals surface area contributed by atoms with Gasteiger partial charge >= 0.3 is 6.03 Å². The zero-order valence-corrected chi connectivity index (χ0v) is 4.80. The molecular formula is C3H10N2O3. The molecule has 0 unspecified atom stereocenters. The fourth-order valence-corrected chi connectivity index (χ4v) is 0.125. The molecule has 0 bridgehead atoms. The van der Waals surface area contributed by atoms with Crippen LogP contribution in [0, 0.1) is 0 Å². The van der Waals surface area contributed by atoms with E-state index in [0.29, 0.717) is 0 Å². The van der Waals surface area contributed by atoms with E-state index in [2.05, 4.69) is 10.6 Å². The lowest BCUT2D eigenvalue weighted by Gasteiger charge is -1.91. The molecule has 5 heteroatoms. The summed E-state index contributed by atoms with van der Waals surface area (Å²) in [6, 6.07) is -0.157. The van der Waals surface area contributed by atoms with Crippen molar-refractivity contribution in [1.82, 2.24) is 10.6 Å². The summed E-state index contributed by atoms with van der Waals surface area (Å²) in [6.45, 7) is 0. The van der Waals surface area contributed by atoms with Crippen molar-refractivity contribution in [2.24, 2.45) is 0 Å². The Kier molecular flexibility index (Phi) is 12.1. The smallest absolute Gasteiger partial charge is 0.314 e. The minimum Gasteiger partial charge on any atom is -0.341 e. The maximum atomic E-state index is 9.96. The van der Waals surface area contributed by atoms with Crippen LogP contribution < -0.4 is 10.6 Å². The Balaban J connectivity index is 0. The molecule has 0 aromatic carbocycles. The molecule has 0 radical (unpaired) electrons. The predicted molar refractivity (Wildman–Crippen MR) is 28.8 cm³/mol. The van der Waals surface area contributed by atoms with Gasteiger partial charge in [0.05, 0.1) is 0 Å². The summed E-state index contributed by atoms with van der Waals surface area (Å²) in [6.07, 6.45) is 0. The zero-order valence-electron chi connectivity index (χ0n) is 4.80. The van der Waals surface area contributed by atoms with Crippen LogP contribution >= 0.6 is 0 Å². The SMILES string of the molecule is CNC(=O)NC.OO. The van der Waals surface area contributed by atoms with E-state index in [1.807, 2.05) is 0 Å². The van der Waals surface area contributed by atoms with Crippen molar-refractivity contribution in [3.05, 3.63) is 0 Å². The minimum absolute atomic E-state index is 0.157. The second kappa shape index (κ2) is 9.50. The molecule has 0 aromatic heterocycles. The Labute approximate surface area is 47.3 Å². The van der Waals surface area contributed by atoms with Crippen molar-refractivity contribution in [3.8, 4) is 0 Å². The predicted octanol–water partition coefficient (Wildman–Crippen LogP) is -0.437. The molecule has 0 rings (SSSR count). The molecule has 0 saturated heterocycles. The third kappa shape index (κ3) is 8.95. The molecule has 50 valence electrons. The summed E-state index contributed by atoms with van der Waals surface area (Å²) >= 11 is 0. The van der Waals surface area contributed by atoms with Crippen LogP contribution in [0.1, 0.15) is 0 Å². The molecule has 0 spiro atoms. The number of hydrogen-bond donors (Lipinski definition) is 4. The van der Waals surface area contributed by atoms with Gasteiger partial charge in [0.2, 0.25) is 0 Å². The highest BCUT2D eigenvalue weighted by atomic mass is 17.0. The molecule has 0 aliphatic heterocycles. The molecule has 0 aliphatic carbocycles. The second-order valence-electron chi connectivity index (χ2n) is 0.829. The van der Waals surface area contributed by atoms with Crippen LogP contribution in [-0.4, -0.2) is 30.6 Å². The number of carbonyl (C=O) groups is 1. The van der Waals surface area contributed by atoms with E-state index >= 15 is 0 Å². The first-order valence-electron chi connectivity index (χ1n) is 1.90. The summed E-state index contributed by atoms with van der Waals surface area (Å²) < 4.78 is 0. The Bertz CT molecular complexity index is 50.5. The van der Waals surface area contributed by atoms with Gasteiger partial charge in [0.15, 0.2) is 0 Å². The third-order valence-corrected chi connectivity index (χ3v) is 0.454. The molecule has 0 atom stereocenters. The molecule has 5 nitrogen and oxygen atoms in total. The van der Waals surface area contributed by atoms with Gasteiger partial charge in [-0.1, -0.05) is 0 Å². The number of rotatable bonds is 0. The first-order valence-corrected chi connectivity index (χ1v) is 1.90. The fraction of sp³-hybridized carbons (Fsp3) is 0.667. The standard InChI is InChI=1S/C3H8N2O.H2O2/c1-4-3(6)5-2;1-2/h1-2H3,(H2,4,5,6);1-2H. The normalized spacial score (nSPS) is 6.00. The number of amides is 2. The Hall–Kier alpha value is -0.810. The van der Waals surface area contributed by atoms with Crippen LogP contribution in [0.2, 0.25) is 0 Å². The summed E-state index contributed by atoms with van der Waals surface area (Å²) in [5, 5.41) is 16.7. The van der Waals surface area contributed by atoms with E-state index in [9.17, 15) is 4.79 Å². The quantitative estimate of drug-likeness (QED) is 0.260. The molecule has 0 aliphatic rings. The number of urea groups is 1. The van der Waals surface area contributed by atoms with Gasteiger partial charge in [0.25, 0.3) is 0 Å². The fourth-order valence-electron chi connectivity index (χ4n) is 0.125.